The Labute approximate surface area is 124 Å². The van der Waals surface area contributed by atoms with Crippen LogP contribution in [0.4, 0.5) is 0 Å². The van der Waals surface area contributed by atoms with Crippen molar-refractivity contribution in [1.29, 1.82) is 0 Å². The van der Waals surface area contributed by atoms with Gasteiger partial charge in [-0.05, 0) is 26.3 Å². The minimum atomic E-state index is -0.672. The average molecular weight is 300 g/mol. The molecule has 1 unspecified atom stereocenters. The van der Waals surface area contributed by atoms with Gasteiger partial charge in [-0.2, -0.15) is 5.10 Å². The Balaban J connectivity index is 2.11. The second-order valence-electron chi connectivity index (χ2n) is 5.77. The molecule has 0 spiro atoms. The molecule has 2 rings (SSSR count). The molecule has 0 radical (unpaired) electrons. The number of nitrogens with zero attached hydrogens (tertiary/aromatic N) is 3. The molecule has 5 nitrogen and oxygen atoms in total. The smallest absolute Gasteiger partial charge is 0.310 e. The van der Waals surface area contributed by atoms with E-state index in [9.17, 15) is 9.90 Å². The third kappa shape index (κ3) is 2.69. The second kappa shape index (κ2) is 5.74. The molecule has 0 amide bonds. The molecule has 1 saturated heterocycles. The van der Waals surface area contributed by atoms with Crippen molar-refractivity contribution in [2.75, 3.05) is 13.1 Å². The summed E-state index contributed by atoms with van der Waals surface area (Å²) in [6.07, 6.45) is 2.34. The van der Waals surface area contributed by atoms with Crippen molar-refractivity contribution in [3.8, 4) is 0 Å². The van der Waals surface area contributed by atoms with Crippen molar-refractivity contribution in [2.24, 2.45) is 12.5 Å². The zero-order valence-electron chi connectivity index (χ0n) is 12.3. The van der Waals surface area contributed by atoms with E-state index in [2.05, 4.69) is 10.00 Å². The van der Waals surface area contributed by atoms with E-state index in [4.69, 9.17) is 11.6 Å². The molecule has 1 aromatic rings. The average Bonchev–Trinajstić information content (AvgIpc) is 2.89. The minimum absolute atomic E-state index is 0.588. The lowest BCUT2D eigenvalue weighted by molar-refractivity contribution is -0.148. The molecule has 1 aliphatic heterocycles. The predicted molar refractivity (Wildman–Crippen MR) is 77.8 cm³/mol. The van der Waals surface area contributed by atoms with E-state index in [1.54, 1.807) is 4.68 Å². The van der Waals surface area contributed by atoms with Gasteiger partial charge in [0, 0.05) is 20.1 Å². The lowest BCUT2D eigenvalue weighted by Crippen LogP contribution is -2.34. The van der Waals surface area contributed by atoms with Gasteiger partial charge in [-0.25, -0.2) is 0 Å². The lowest BCUT2D eigenvalue weighted by Gasteiger charge is -2.24. The van der Waals surface area contributed by atoms with Crippen LogP contribution >= 0.6 is 11.6 Å². The van der Waals surface area contributed by atoms with E-state index in [1.807, 2.05) is 20.9 Å². The zero-order valence-corrected chi connectivity index (χ0v) is 13.1. The van der Waals surface area contributed by atoms with Gasteiger partial charge < -0.3 is 5.11 Å². The standard InChI is InChI=1S/C14H22ClN3O2/c1-4-5-14(13(19)20)6-7-18(9-14)8-11-12(15)10(2)16-17(11)3/h4-9H2,1-3H3,(H,19,20). The van der Waals surface area contributed by atoms with Gasteiger partial charge in [-0.15, -0.1) is 0 Å². The SMILES string of the molecule is CCCC1(C(=O)O)CCN(Cc2c(Cl)c(C)nn2C)C1. The van der Waals surface area contributed by atoms with Gasteiger partial charge in [0.2, 0.25) is 0 Å². The van der Waals surface area contributed by atoms with Crippen LogP contribution < -0.4 is 0 Å². The fraction of sp³-hybridized carbons (Fsp3) is 0.714. The molecule has 1 atom stereocenters. The van der Waals surface area contributed by atoms with Crippen molar-refractivity contribution in [3.63, 3.8) is 0 Å². The van der Waals surface area contributed by atoms with Crippen molar-refractivity contribution in [1.82, 2.24) is 14.7 Å². The Hall–Kier alpha value is -1.07. The number of aromatic nitrogens is 2. The summed E-state index contributed by atoms with van der Waals surface area (Å²) in [6.45, 7) is 5.97. The largest absolute Gasteiger partial charge is 0.481 e. The first-order valence-electron chi connectivity index (χ1n) is 7.03. The molecule has 2 heterocycles. The maximum atomic E-state index is 11.6. The number of aliphatic carboxylic acids is 1. The van der Waals surface area contributed by atoms with Gasteiger partial charge in [0.15, 0.2) is 0 Å². The summed E-state index contributed by atoms with van der Waals surface area (Å²) in [6, 6.07) is 0. The number of halogens is 1. The van der Waals surface area contributed by atoms with E-state index in [0.29, 0.717) is 24.5 Å². The highest BCUT2D eigenvalue weighted by atomic mass is 35.5. The summed E-state index contributed by atoms with van der Waals surface area (Å²) < 4.78 is 1.79. The quantitative estimate of drug-likeness (QED) is 0.907. The third-order valence-electron chi connectivity index (χ3n) is 4.25. The Morgan fingerprint density at radius 1 is 1.55 bits per heavy atom. The topological polar surface area (TPSA) is 58.4 Å². The molecule has 1 fully saturated rings. The van der Waals surface area contributed by atoms with Crippen LogP contribution in [0.3, 0.4) is 0 Å². The number of hydrogen-bond donors (Lipinski definition) is 1. The van der Waals surface area contributed by atoms with Crippen LogP contribution in [0.25, 0.3) is 0 Å². The van der Waals surface area contributed by atoms with E-state index in [0.717, 1.165) is 30.8 Å². The molecule has 0 bridgehead atoms. The first-order chi connectivity index (χ1) is 9.39. The number of likely N-dealkylation sites (tertiary alicyclic amines) is 1. The molecule has 1 aromatic heterocycles. The van der Waals surface area contributed by atoms with E-state index < -0.39 is 11.4 Å². The summed E-state index contributed by atoms with van der Waals surface area (Å²) >= 11 is 6.26. The van der Waals surface area contributed by atoms with E-state index in [-0.39, 0.29) is 0 Å². The first kappa shape index (κ1) is 15.3. The first-order valence-corrected chi connectivity index (χ1v) is 7.41. The van der Waals surface area contributed by atoms with Crippen molar-refractivity contribution >= 4 is 17.6 Å². The number of carbonyl (C=O) groups is 1. The van der Waals surface area contributed by atoms with Crippen molar-refractivity contribution in [3.05, 3.63) is 16.4 Å². The fourth-order valence-corrected chi connectivity index (χ4v) is 3.34. The summed E-state index contributed by atoms with van der Waals surface area (Å²) in [5, 5.41) is 14.5. The minimum Gasteiger partial charge on any atom is -0.481 e. The summed E-state index contributed by atoms with van der Waals surface area (Å²) in [4.78, 5) is 13.8. The maximum absolute atomic E-state index is 11.6. The number of rotatable bonds is 5. The molecule has 0 saturated carbocycles. The molecule has 0 aromatic carbocycles. The fourth-order valence-electron chi connectivity index (χ4n) is 3.12. The molecule has 20 heavy (non-hydrogen) atoms. The summed E-state index contributed by atoms with van der Waals surface area (Å²) in [5.74, 6) is -0.672. The van der Waals surface area contributed by atoms with Crippen LogP contribution in [-0.4, -0.2) is 38.8 Å². The third-order valence-corrected chi connectivity index (χ3v) is 4.74. The van der Waals surface area contributed by atoms with Crippen molar-refractivity contribution < 1.29 is 9.90 Å². The highest BCUT2D eigenvalue weighted by Crippen LogP contribution is 2.36. The Kier molecular flexibility index (Phi) is 4.39. The summed E-state index contributed by atoms with van der Waals surface area (Å²) in [7, 11) is 1.88. The molecule has 6 heteroatoms. The monoisotopic (exact) mass is 299 g/mol. The highest BCUT2D eigenvalue weighted by molar-refractivity contribution is 6.31. The molecule has 112 valence electrons. The Bertz CT molecular complexity index is 515. The van der Waals surface area contributed by atoms with Crippen LogP contribution in [0.2, 0.25) is 5.02 Å². The predicted octanol–water partition coefficient (Wildman–Crippen LogP) is 2.46. The van der Waals surface area contributed by atoms with Crippen LogP contribution in [-0.2, 0) is 18.4 Å². The van der Waals surface area contributed by atoms with Gasteiger partial charge in [0.05, 0.1) is 21.8 Å². The lowest BCUT2D eigenvalue weighted by atomic mass is 9.83. The van der Waals surface area contributed by atoms with Crippen molar-refractivity contribution in [2.45, 2.75) is 39.7 Å². The van der Waals surface area contributed by atoms with Crippen LogP contribution in [0, 0.1) is 12.3 Å². The Morgan fingerprint density at radius 3 is 2.75 bits per heavy atom. The second-order valence-corrected chi connectivity index (χ2v) is 6.14. The number of carboxylic acid groups (broad SMARTS) is 1. The zero-order chi connectivity index (χ0) is 14.9. The van der Waals surface area contributed by atoms with Crippen LogP contribution in [0.15, 0.2) is 0 Å². The van der Waals surface area contributed by atoms with Gasteiger partial charge in [0.25, 0.3) is 0 Å². The van der Waals surface area contributed by atoms with E-state index >= 15 is 0 Å². The van der Waals surface area contributed by atoms with Gasteiger partial charge in [-0.3, -0.25) is 14.4 Å². The van der Waals surface area contributed by atoms with E-state index in [1.165, 1.54) is 0 Å². The van der Waals surface area contributed by atoms with Gasteiger partial charge in [0.1, 0.15) is 0 Å². The van der Waals surface area contributed by atoms with Crippen LogP contribution in [0.5, 0.6) is 0 Å². The molecular formula is C14H22ClN3O2. The highest BCUT2D eigenvalue weighted by Gasteiger charge is 2.44. The molecule has 1 aliphatic rings. The number of hydrogen-bond acceptors (Lipinski definition) is 3. The Morgan fingerprint density at radius 2 is 2.25 bits per heavy atom. The van der Waals surface area contributed by atoms with Gasteiger partial charge in [-0.1, -0.05) is 24.9 Å². The maximum Gasteiger partial charge on any atom is 0.310 e. The molecule has 0 aliphatic carbocycles. The number of carboxylic acids is 1. The number of aryl methyl sites for hydroxylation is 2. The molecule has 1 N–H and O–H groups in total. The van der Waals surface area contributed by atoms with Crippen LogP contribution in [0.1, 0.15) is 37.6 Å². The summed E-state index contributed by atoms with van der Waals surface area (Å²) in [5.41, 5.74) is 1.19. The normalized spacial score (nSPS) is 23.4. The van der Waals surface area contributed by atoms with Gasteiger partial charge >= 0.3 is 5.97 Å². The molecular weight excluding hydrogens is 278 g/mol.